The first-order valence-electron chi connectivity index (χ1n) is 6.80. The number of aryl methyl sites for hydroxylation is 1. The second-order valence-corrected chi connectivity index (χ2v) is 6.17. The molecule has 3 aromatic rings. The highest BCUT2D eigenvalue weighted by Gasteiger charge is 2.20. The second-order valence-electron chi connectivity index (χ2n) is 5.17. The molecular formula is C16H16N2S. The average molecular weight is 268 g/mol. The summed E-state index contributed by atoms with van der Waals surface area (Å²) in [5.74, 6) is 0. The van der Waals surface area contributed by atoms with E-state index >= 15 is 0 Å². The molecule has 1 unspecified atom stereocenters. The number of hydrogen-bond donors (Lipinski definition) is 2. The molecule has 2 aromatic heterocycles. The van der Waals surface area contributed by atoms with E-state index in [9.17, 15) is 0 Å². The van der Waals surface area contributed by atoms with E-state index in [1.165, 1.54) is 41.4 Å². The molecule has 0 saturated heterocycles. The van der Waals surface area contributed by atoms with Crippen molar-refractivity contribution in [2.45, 2.75) is 25.3 Å². The minimum absolute atomic E-state index is 0.478. The molecule has 0 bridgehead atoms. The smallest absolute Gasteiger partial charge is 0.0524 e. The van der Waals surface area contributed by atoms with E-state index in [-0.39, 0.29) is 0 Å². The van der Waals surface area contributed by atoms with Gasteiger partial charge in [0.25, 0.3) is 0 Å². The molecule has 0 saturated carbocycles. The standard InChI is InChI=1S/C16H16N2S/c1-2-15(13-7-9-19-16(13)3-1)18-12-4-5-14-11(10-12)6-8-17-14/h4-10,15,17-18H,1-3H2. The number of rotatable bonds is 2. The van der Waals surface area contributed by atoms with Crippen LogP contribution in [0.3, 0.4) is 0 Å². The Hall–Kier alpha value is -1.74. The van der Waals surface area contributed by atoms with Crippen LogP contribution in [-0.2, 0) is 6.42 Å². The third-order valence-electron chi connectivity index (χ3n) is 3.95. The third-order valence-corrected chi connectivity index (χ3v) is 4.94. The minimum Gasteiger partial charge on any atom is -0.378 e. The monoisotopic (exact) mass is 268 g/mol. The van der Waals surface area contributed by atoms with Gasteiger partial charge in [-0.25, -0.2) is 0 Å². The van der Waals surface area contributed by atoms with Gasteiger partial charge < -0.3 is 10.3 Å². The van der Waals surface area contributed by atoms with Gasteiger partial charge in [-0.2, -0.15) is 0 Å². The quantitative estimate of drug-likeness (QED) is 0.691. The Kier molecular flexibility index (Phi) is 2.59. The van der Waals surface area contributed by atoms with Crippen molar-refractivity contribution in [1.29, 1.82) is 0 Å². The van der Waals surface area contributed by atoms with Crippen LogP contribution in [0, 0.1) is 0 Å². The van der Waals surface area contributed by atoms with Gasteiger partial charge in [-0.15, -0.1) is 11.3 Å². The Labute approximate surface area is 116 Å². The molecule has 96 valence electrons. The van der Waals surface area contributed by atoms with Gasteiger partial charge in [0.05, 0.1) is 6.04 Å². The average Bonchev–Trinajstić information content (AvgIpc) is 3.06. The molecular weight excluding hydrogens is 252 g/mol. The molecule has 0 aliphatic heterocycles. The first-order valence-corrected chi connectivity index (χ1v) is 7.68. The maximum absolute atomic E-state index is 3.70. The van der Waals surface area contributed by atoms with Crippen LogP contribution in [-0.4, -0.2) is 4.98 Å². The number of nitrogens with one attached hydrogen (secondary N) is 2. The zero-order chi connectivity index (χ0) is 12.7. The van der Waals surface area contributed by atoms with Crippen LogP contribution in [0.15, 0.2) is 41.9 Å². The van der Waals surface area contributed by atoms with Crippen molar-refractivity contribution in [3.05, 3.63) is 52.3 Å². The number of aromatic nitrogens is 1. The molecule has 3 heteroatoms. The topological polar surface area (TPSA) is 27.8 Å². The minimum atomic E-state index is 0.478. The van der Waals surface area contributed by atoms with Crippen molar-refractivity contribution in [2.75, 3.05) is 5.32 Å². The molecule has 1 atom stereocenters. The number of benzene rings is 1. The summed E-state index contributed by atoms with van der Waals surface area (Å²) in [5, 5.41) is 7.19. The Morgan fingerprint density at radius 3 is 3.21 bits per heavy atom. The van der Waals surface area contributed by atoms with E-state index in [0.29, 0.717) is 6.04 Å². The predicted molar refractivity (Wildman–Crippen MR) is 81.9 cm³/mol. The van der Waals surface area contributed by atoms with Gasteiger partial charge in [0, 0.05) is 27.7 Å². The van der Waals surface area contributed by atoms with Crippen LogP contribution in [0.4, 0.5) is 5.69 Å². The van der Waals surface area contributed by atoms with E-state index in [1.807, 2.05) is 17.5 Å². The van der Waals surface area contributed by atoms with Crippen molar-refractivity contribution in [3.63, 3.8) is 0 Å². The highest BCUT2D eigenvalue weighted by Crippen LogP contribution is 2.35. The summed E-state index contributed by atoms with van der Waals surface area (Å²) in [6.45, 7) is 0. The van der Waals surface area contributed by atoms with Crippen LogP contribution in [0.5, 0.6) is 0 Å². The summed E-state index contributed by atoms with van der Waals surface area (Å²) in [4.78, 5) is 4.80. The van der Waals surface area contributed by atoms with Crippen molar-refractivity contribution in [1.82, 2.24) is 4.98 Å². The molecule has 2 heterocycles. The number of aromatic amines is 1. The summed E-state index contributed by atoms with van der Waals surface area (Å²) in [6.07, 6.45) is 5.76. The summed E-state index contributed by atoms with van der Waals surface area (Å²) in [7, 11) is 0. The van der Waals surface area contributed by atoms with Gasteiger partial charge >= 0.3 is 0 Å². The fraction of sp³-hybridized carbons (Fsp3) is 0.250. The maximum atomic E-state index is 3.70. The fourth-order valence-electron chi connectivity index (χ4n) is 2.98. The van der Waals surface area contributed by atoms with Crippen LogP contribution >= 0.6 is 11.3 Å². The van der Waals surface area contributed by atoms with Gasteiger partial charge in [0.1, 0.15) is 0 Å². The summed E-state index contributed by atoms with van der Waals surface area (Å²) in [5.41, 5.74) is 3.92. The van der Waals surface area contributed by atoms with E-state index < -0.39 is 0 Å². The number of anilines is 1. The molecule has 1 aliphatic rings. The van der Waals surface area contributed by atoms with Crippen molar-refractivity contribution in [3.8, 4) is 0 Å². The first-order chi connectivity index (χ1) is 9.40. The normalized spacial score (nSPS) is 18.4. The van der Waals surface area contributed by atoms with Crippen LogP contribution < -0.4 is 5.32 Å². The zero-order valence-electron chi connectivity index (χ0n) is 10.6. The number of thiophene rings is 1. The Balaban J connectivity index is 1.65. The number of hydrogen-bond acceptors (Lipinski definition) is 2. The van der Waals surface area contributed by atoms with Gasteiger partial charge in [0.2, 0.25) is 0 Å². The Bertz CT molecular complexity index is 710. The molecule has 1 aromatic carbocycles. The number of fused-ring (bicyclic) bond motifs is 2. The maximum Gasteiger partial charge on any atom is 0.0524 e. The van der Waals surface area contributed by atoms with Crippen molar-refractivity contribution < 1.29 is 0 Å². The van der Waals surface area contributed by atoms with E-state index in [1.54, 1.807) is 4.88 Å². The van der Waals surface area contributed by atoms with Crippen LogP contribution in [0.2, 0.25) is 0 Å². The summed E-state index contributed by atoms with van der Waals surface area (Å²) >= 11 is 1.90. The van der Waals surface area contributed by atoms with E-state index in [0.717, 1.165) is 0 Å². The highest BCUT2D eigenvalue weighted by atomic mass is 32.1. The molecule has 2 N–H and O–H groups in total. The van der Waals surface area contributed by atoms with Gasteiger partial charge in [-0.3, -0.25) is 0 Å². The van der Waals surface area contributed by atoms with Gasteiger partial charge in [-0.1, -0.05) is 0 Å². The lowest BCUT2D eigenvalue weighted by Gasteiger charge is -2.24. The fourth-order valence-corrected chi connectivity index (χ4v) is 3.97. The lowest BCUT2D eigenvalue weighted by molar-refractivity contribution is 0.609. The molecule has 19 heavy (non-hydrogen) atoms. The first kappa shape index (κ1) is 11.1. The molecule has 2 nitrogen and oxygen atoms in total. The van der Waals surface area contributed by atoms with E-state index in [2.05, 4.69) is 46.0 Å². The number of H-pyrrole nitrogens is 1. The zero-order valence-corrected chi connectivity index (χ0v) is 11.5. The molecule has 0 radical (unpaired) electrons. The Morgan fingerprint density at radius 2 is 2.21 bits per heavy atom. The Morgan fingerprint density at radius 1 is 1.21 bits per heavy atom. The lowest BCUT2D eigenvalue weighted by Crippen LogP contribution is -2.15. The molecule has 1 aliphatic carbocycles. The second kappa shape index (κ2) is 4.42. The van der Waals surface area contributed by atoms with E-state index in [4.69, 9.17) is 0 Å². The van der Waals surface area contributed by atoms with Gasteiger partial charge in [0.15, 0.2) is 0 Å². The SMILES string of the molecule is c1cc2cc(NC3CCCc4sccc43)ccc2[nH]1. The molecule has 0 fully saturated rings. The highest BCUT2D eigenvalue weighted by molar-refractivity contribution is 7.10. The predicted octanol–water partition coefficient (Wildman–Crippen LogP) is 4.72. The summed E-state index contributed by atoms with van der Waals surface area (Å²) in [6, 6.07) is 11.4. The van der Waals surface area contributed by atoms with Crippen molar-refractivity contribution in [2.24, 2.45) is 0 Å². The van der Waals surface area contributed by atoms with Gasteiger partial charge in [-0.05, 0) is 60.5 Å². The summed E-state index contributed by atoms with van der Waals surface area (Å²) < 4.78 is 0. The molecule has 4 rings (SSSR count). The third kappa shape index (κ3) is 1.94. The van der Waals surface area contributed by atoms with Crippen molar-refractivity contribution >= 4 is 27.9 Å². The molecule has 0 amide bonds. The largest absolute Gasteiger partial charge is 0.378 e. The lowest BCUT2D eigenvalue weighted by atomic mass is 9.94. The van der Waals surface area contributed by atoms with Crippen LogP contribution in [0.25, 0.3) is 10.9 Å². The van der Waals surface area contributed by atoms with Crippen LogP contribution in [0.1, 0.15) is 29.3 Å². The molecule has 0 spiro atoms.